The summed E-state index contributed by atoms with van der Waals surface area (Å²) in [6.45, 7) is 9.72. The van der Waals surface area contributed by atoms with Crippen molar-refractivity contribution in [3.8, 4) is 0 Å². The van der Waals surface area contributed by atoms with Crippen molar-refractivity contribution in [3.63, 3.8) is 0 Å². The molecule has 1 N–H and O–H groups in total. The number of carboxylic acid groups (broad SMARTS) is 1. The number of amides is 1. The van der Waals surface area contributed by atoms with Crippen molar-refractivity contribution in [2.24, 2.45) is 0 Å². The van der Waals surface area contributed by atoms with Crippen LogP contribution in [0.5, 0.6) is 0 Å². The number of carbonyl (C=O) groups is 2. The van der Waals surface area contributed by atoms with Crippen molar-refractivity contribution >= 4 is 30.6 Å². The van der Waals surface area contributed by atoms with Crippen LogP contribution in [0, 0.1) is 0 Å². The van der Waals surface area contributed by atoms with E-state index in [1.54, 1.807) is 11.0 Å². The van der Waals surface area contributed by atoms with Gasteiger partial charge in [0.25, 0.3) is 0 Å². The Morgan fingerprint density at radius 2 is 1.88 bits per heavy atom. The predicted molar refractivity (Wildman–Crippen MR) is 92.5 cm³/mol. The van der Waals surface area contributed by atoms with E-state index in [2.05, 4.69) is 9.88 Å². The highest BCUT2D eigenvalue weighted by Crippen LogP contribution is 2.15. The van der Waals surface area contributed by atoms with Crippen molar-refractivity contribution in [2.75, 3.05) is 31.1 Å². The number of hydrogen-bond acceptors (Lipinski definition) is 5. The molecule has 1 aromatic rings. The molecule has 24 heavy (non-hydrogen) atoms. The van der Waals surface area contributed by atoms with Crippen LogP contribution in [0.25, 0.3) is 0 Å². The predicted octanol–water partition coefficient (Wildman–Crippen LogP) is 1.21. The second kappa shape index (κ2) is 7.11. The van der Waals surface area contributed by atoms with E-state index in [4.69, 9.17) is 9.84 Å². The van der Waals surface area contributed by atoms with Gasteiger partial charge in [-0.25, -0.2) is 14.6 Å². The minimum absolute atomic E-state index is 0.166. The summed E-state index contributed by atoms with van der Waals surface area (Å²) < 4.78 is 5.39. The summed E-state index contributed by atoms with van der Waals surface area (Å²) in [6.07, 6.45) is 1.06. The molecule has 1 aliphatic rings. The van der Waals surface area contributed by atoms with Gasteiger partial charge in [0.2, 0.25) is 0 Å². The van der Waals surface area contributed by atoms with Gasteiger partial charge in [-0.1, -0.05) is 6.82 Å². The van der Waals surface area contributed by atoms with Crippen molar-refractivity contribution in [3.05, 3.63) is 17.8 Å². The molecule has 1 aliphatic heterocycles. The number of piperazine rings is 1. The fourth-order valence-corrected chi connectivity index (χ4v) is 2.50. The van der Waals surface area contributed by atoms with Gasteiger partial charge in [0.1, 0.15) is 11.4 Å². The molecule has 0 aliphatic carbocycles. The number of carbonyl (C=O) groups excluding carboxylic acids is 1. The summed E-state index contributed by atoms with van der Waals surface area (Å²) in [7, 11) is 1.84. The molecule has 0 spiro atoms. The van der Waals surface area contributed by atoms with E-state index in [9.17, 15) is 9.59 Å². The van der Waals surface area contributed by atoms with Gasteiger partial charge >= 0.3 is 12.1 Å². The molecule has 0 atom stereocenters. The van der Waals surface area contributed by atoms with Crippen LogP contribution in [0.4, 0.5) is 10.6 Å². The summed E-state index contributed by atoms with van der Waals surface area (Å²) >= 11 is 0. The molecule has 129 valence electrons. The minimum atomic E-state index is -0.994. The number of anilines is 1. The number of aromatic nitrogens is 1. The molecule has 1 fully saturated rings. The summed E-state index contributed by atoms with van der Waals surface area (Å²) in [5.74, 6) is -0.252. The van der Waals surface area contributed by atoms with E-state index >= 15 is 0 Å². The first-order chi connectivity index (χ1) is 11.2. The fraction of sp³-hybridized carbons (Fsp3) is 0.562. The molecule has 2 rings (SSSR count). The van der Waals surface area contributed by atoms with E-state index in [0.717, 1.165) is 11.3 Å². The van der Waals surface area contributed by atoms with Gasteiger partial charge < -0.3 is 19.6 Å². The number of pyridine rings is 1. The molecular formula is C16H23BN3O4. The molecule has 0 saturated carbocycles. The highest BCUT2D eigenvalue weighted by atomic mass is 16.6. The van der Waals surface area contributed by atoms with Crippen LogP contribution in [-0.2, 0) is 4.74 Å². The Balaban J connectivity index is 2.04. The maximum absolute atomic E-state index is 12.1. The summed E-state index contributed by atoms with van der Waals surface area (Å²) in [4.78, 5) is 31.2. The van der Waals surface area contributed by atoms with Gasteiger partial charge in [-0.05, 0) is 32.3 Å². The molecule has 0 unspecified atom stereocenters. The SMILES string of the molecule is C[B]c1cc(C(=O)O)cnc1N1CCN(C(=O)OC(C)(C)C)CC1. The normalized spacial score (nSPS) is 15.2. The number of rotatable bonds is 3. The lowest BCUT2D eigenvalue weighted by Gasteiger charge is -2.36. The third kappa shape index (κ3) is 4.40. The second-order valence-corrected chi connectivity index (χ2v) is 6.69. The largest absolute Gasteiger partial charge is 0.478 e. The van der Waals surface area contributed by atoms with Crippen LogP contribution < -0.4 is 10.4 Å². The Hall–Kier alpha value is -2.25. The lowest BCUT2D eigenvalue weighted by atomic mass is 9.73. The maximum atomic E-state index is 12.1. The molecule has 8 heteroatoms. The van der Waals surface area contributed by atoms with E-state index < -0.39 is 11.6 Å². The van der Waals surface area contributed by atoms with Crippen LogP contribution in [-0.4, -0.2) is 66.1 Å². The van der Waals surface area contributed by atoms with E-state index in [1.807, 2.05) is 34.9 Å². The average molecular weight is 332 g/mol. The molecule has 1 radical (unpaired) electrons. The van der Waals surface area contributed by atoms with Gasteiger partial charge in [0.15, 0.2) is 7.28 Å². The lowest BCUT2D eigenvalue weighted by Crippen LogP contribution is -2.51. The summed E-state index contributed by atoms with van der Waals surface area (Å²) in [5, 5.41) is 9.07. The number of ether oxygens (including phenoxy) is 1. The number of hydrogen-bond donors (Lipinski definition) is 1. The van der Waals surface area contributed by atoms with E-state index in [1.165, 1.54) is 6.20 Å². The van der Waals surface area contributed by atoms with Crippen LogP contribution in [0.3, 0.4) is 0 Å². The van der Waals surface area contributed by atoms with Crippen LogP contribution >= 0.6 is 0 Å². The standard InChI is InChI=1S/C16H23BN3O4/c1-16(2,3)24-15(23)20-7-5-19(6-8-20)13-12(17-4)9-11(10-18-13)14(21)22/h9-10H,5-8H2,1-4H3,(H,21,22). The molecule has 7 nitrogen and oxygen atoms in total. The molecule has 0 aromatic carbocycles. The van der Waals surface area contributed by atoms with Crippen molar-refractivity contribution in [1.82, 2.24) is 9.88 Å². The molecule has 1 aromatic heterocycles. The van der Waals surface area contributed by atoms with Crippen molar-refractivity contribution in [2.45, 2.75) is 33.2 Å². The minimum Gasteiger partial charge on any atom is -0.478 e. The first-order valence-electron chi connectivity index (χ1n) is 7.97. The highest BCUT2D eigenvalue weighted by Gasteiger charge is 2.27. The zero-order valence-corrected chi connectivity index (χ0v) is 14.6. The zero-order chi connectivity index (χ0) is 17.9. The van der Waals surface area contributed by atoms with Gasteiger partial charge in [0, 0.05) is 32.4 Å². The fourth-order valence-electron chi connectivity index (χ4n) is 2.50. The lowest BCUT2D eigenvalue weighted by molar-refractivity contribution is 0.0240. The Morgan fingerprint density at radius 1 is 1.25 bits per heavy atom. The zero-order valence-electron chi connectivity index (χ0n) is 14.6. The quantitative estimate of drug-likeness (QED) is 0.838. The highest BCUT2D eigenvalue weighted by molar-refractivity contribution is 6.54. The second-order valence-electron chi connectivity index (χ2n) is 6.69. The van der Waals surface area contributed by atoms with Gasteiger partial charge in [-0.2, -0.15) is 0 Å². The summed E-state index contributed by atoms with van der Waals surface area (Å²) in [6, 6.07) is 1.62. The van der Waals surface area contributed by atoms with Crippen molar-refractivity contribution < 1.29 is 19.4 Å². The smallest absolute Gasteiger partial charge is 0.410 e. The first kappa shape index (κ1) is 18.1. The van der Waals surface area contributed by atoms with E-state index in [-0.39, 0.29) is 11.7 Å². The third-order valence-corrected chi connectivity index (χ3v) is 3.68. The topological polar surface area (TPSA) is 83.0 Å². The first-order valence-corrected chi connectivity index (χ1v) is 7.97. The summed E-state index contributed by atoms with van der Waals surface area (Å²) in [5.41, 5.74) is 0.437. The van der Waals surface area contributed by atoms with Gasteiger partial charge in [-0.3, -0.25) is 0 Å². The molecule has 2 heterocycles. The van der Waals surface area contributed by atoms with Gasteiger partial charge in [-0.15, -0.1) is 0 Å². The molecule has 0 bridgehead atoms. The van der Waals surface area contributed by atoms with Crippen molar-refractivity contribution in [1.29, 1.82) is 0 Å². The number of carboxylic acids is 1. The third-order valence-electron chi connectivity index (χ3n) is 3.68. The Kier molecular flexibility index (Phi) is 5.36. The molecular weight excluding hydrogens is 309 g/mol. The number of nitrogens with zero attached hydrogens (tertiary/aromatic N) is 3. The van der Waals surface area contributed by atoms with Crippen LogP contribution in [0.2, 0.25) is 6.82 Å². The maximum Gasteiger partial charge on any atom is 0.410 e. The van der Waals surface area contributed by atoms with Gasteiger partial charge in [0.05, 0.1) is 5.56 Å². The molecule has 1 amide bonds. The monoisotopic (exact) mass is 332 g/mol. The van der Waals surface area contributed by atoms with E-state index in [0.29, 0.717) is 26.2 Å². The van der Waals surface area contributed by atoms with Crippen LogP contribution in [0.1, 0.15) is 31.1 Å². The average Bonchev–Trinajstić information content (AvgIpc) is 2.52. The van der Waals surface area contributed by atoms with Crippen LogP contribution in [0.15, 0.2) is 12.3 Å². The Labute approximate surface area is 142 Å². The Bertz CT molecular complexity index is 622. The molecule has 1 saturated heterocycles. The number of aromatic carboxylic acids is 1. The Morgan fingerprint density at radius 3 is 2.38 bits per heavy atom.